The number of carbonyl (C=O) groups is 1. The van der Waals surface area contributed by atoms with Gasteiger partial charge in [0.05, 0.1) is 17.4 Å². The van der Waals surface area contributed by atoms with Gasteiger partial charge in [0.15, 0.2) is 0 Å². The lowest BCUT2D eigenvalue weighted by Gasteiger charge is -2.14. The van der Waals surface area contributed by atoms with Crippen molar-refractivity contribution in [3.8, 4) is 0 Å². The topological polar surface area (TPSA) is 54.0 Å². The third-order valence-corrected chi connectivity index (χ3v) is 4.17. The van der Waals surface area contributed by atoms with Crippen molar-refractivity contribution in [1.29, 1.82) is 0 Å². The Labute approximate surface area is 154 Å². The van der Waals surface area contributed by atoms with Crippen LogP contribution in [-0.2, 0) is 0 Å². The SMILES string of the molecule is Cc1ccc(Nc2cncc(C(=O)Nc3ccccc3C(C)C)c2)cc1. The first-order chi connectivity index (χ1) is 12.5. The third-order valence-electron chi connectivity index (χ3n) is 4.17. The Bertz CT molecular complexity index is 901. The molecule has 1 heterocycles. The van der Waals surface area contributed by atoms with Crippen molar-refractivity contribution < 1.29 is 4.79 Å². The maximum Gasteiger partial charge on any atom is 0.257 e. The molecule has 0 radical (unpaired) electrons. The van der Waals surface area contributed by atoms with Gasteiger partial charge in [0, 0.05) is 17.6 Å². The fourth-order valence-electron chi connectivity index (χ4n) is 2.74. The monoisotopic (exact) mass is 345 g/mol. The number of nitrogens with zero attached hydrogens (tertiary/aromatic N) is 1. The molecule has 3 aromatic rings. The van der Waals surface area contributed by atoms with Gasteiger partial charge >= 0.3 is 0 Å². The van der Waals surface area contributed by atoms with Crippen LogP contribution in [0, 0.1) is 6.92 Å². The largest absolute Gasteiger partial charge is 0.354 e. The van der Waals surface area contributed by atoms with Crippen LogP contribution >= 0.6 is 0 Å². The van der Waals surface area contributed by atoms with Crippen LogP contribution in [0.3, 0.4) is 0 Å². The summed E-state index contributed by atoms with van der Waals surface area (Å²) >= 11 is 0. The zero-order valence-corrected chi connectivity index (χ0v) is 15.3. The molecule has 2 N–H and O–H groups in total. The van der Waals surface area contributed by atoms with Crippen molar-refractivity contribution in [2.75, 3.05) is 10.6 Å². The molecule has 26 heavy (non-hydrogen) atoms. The molecule has 1 amide bonds. The number of amides is 1. The molecule has 0 unspecified atom stereocenters. The van der Waals surface area contributed by atoms with Crippen molar-refractivity contribution in [1.82, 2.24) is 4.98 Å². The van der Waals surface area contributed by atoms with E-state index in [1.54, 1.807) is 18.5 Å². The zero-order valence-electron chi connectivity index (χ0n) is 15.3. The molecule has 0 saturated carbocycles. The molecule has 132 valence electrons. The van der Waals surface area contributed by atoms with Crippen LogP contribution in [0.2, 0.25) is 0 Å². The van der Waals surface area contributed by atoms with E-state index in [-0.39, 0.29) is 5.91 Å². The first-order valence-electron chi connectivity index (χ1n) is 8.72. The van der Waals surface area contributed by atoms with E-state index < -0.39 is 0 Å². The standard InChI is InChI=1S/C22H23N3O/c1-15(2)20-6-4-5-7-21(20)25-22(26)17-12-19(14-23-13-17)24-18-10-8-16(3)9-11-18/h4-15,24H,1-3H3,(H,25,26). The minimum Gasteiger partial charge on any atom is -0.354 e. The fraction of sp³-hybridized carbons (Fsp3) is 0.182. The van der Waals surface area contributed by atoms with Gasteiger partial charge < -0.3 is 10.6 Å². The first kappa shape index (κ1) is 17.7. The molecular formula is C22H23N3O. The summed E-state index contributed by atoms with van der Waals surface area (Å²) in [6.07, 6.45) is 3.28. The first-order valence-corrected chi connectivity index (χ1v) is 8.72. The number of anilines is 3. The molecule has 1 aromatic heterocycles. The van der Waals surface area contributed by atoms with E-state index in [1.807, 2.05) is 55.5 Å². The van der Waals surface area contributed by atoms with E-state index in [0.717, 1.165) is 22.6 Å². The predicted molar refractivity (Wildman–Crippen MR) is 107 cm³/mol. The summed E-state index contributed by atoms with van der Waals surface area (Å²) in [5.41, 5.74) is 5.40. The molecule has 3 rings (SSSR count). The van der Waals surface area contributed by atoms with E-state index in [4.69, 9.17) is 0 Å². The van der Waals surface area contributed by atoms with Gasteiger partial charge in [0.2, 0.25) is 0 Å². The second kappa shape index (κ2) is 7.83. The molecule has 4 heteroatoms. The van der Waals surface area contributed by atoms with Crippen LogP contribution in [0.25, 0.3) is 0 Å². The average molecular weight is 345 g/mol. The van der Waals surface area contributed by atoms with Gasteiger partial charge in [-0.05, 0) is 42.7 Å². The van der Waals surface area contributed by atoms with Crippen molar-refractivity contribution in [2.45, 2.75) is 26.7 Å². The molecule has 0 bridgehead atoms. The van der Waals surface area contributed by atoms with Crippen molar-refractivity contribution in [3.05, 3.63) is 83.7 Å². The molecular weight excluding hydrogens is 322 g/mol. The van der Waals surface area contributed by atoms with Crippen molar-refractivity contribution in [3.63, 3.8) is 0 Å². The molecule has 0 atom stereocenters. The van der Waals surface area contributed by atoms with Crippen molar-refractivity contribution in [2.24, 2.45) is 0 Å². The highest BCUT2D eigenvalue weighted by Gasteiger charge is 2.12. The van der Waals surface area contributed by atoms with Gasteiger partial charge in [-0.3, -0.25) is 9.78 Å². The number of benzene rings is 2. The highest BCUT2D eigenvalue weighted by molar-refractivity contribution is 6.05. The zero-order chi connectivity index (χ0) is 18.5. The van der Waals surface area contributed by atoms with Crippen LogP contribution < -0.4 is 10.6 Å². The van der Waals surface area contributed by atoms with Gasteiger partial charge in [-0.1, -0.05) is 49.7 Å². The quantitative estimate of drug-likeness (QED) is 0.641. The summed E-state index contributed by atoms with van der Waals surface area (Å²) in [6.45, 7) is 6.27. The minimum atomic E-state index is -0.168. The van der Waals surface area contributed by atoms with E-state index >= 15 is 0 Å². The van der Waals surface area contributed by atoms with Crippen LogP contribution in [-0.4, -0.2) is 10.9 Å². The number of aromatic nitrogens is 1. The number of carbonyl (C=O) groups excluding carboxylic acids is 1. The second-order valence-electron chi connectivity index (χ2n) is 6.65. The van der Waals surface area contributed by atoms with E-state index in [1.165, 1.54) is 5.56 Å². The van der Waals surface area contributed by atoms with Gasteiger partial charge in [0.1, 0.15) is 0 Å². The Hall–Kier alpha value is -3.14. The number of aryl methyl sites for hydroxylation is 1. The van der Waals surface area contributed by atoms with Crippen LogP contribution in [0.4, 0.5) is 17.1 Å². The molecule has 2 aromatic carbocycles. The van der Waals surface area contributed by atoms with E-state index in [9.17, 15) is 4.79 Å². The molecule has 0 saturated heterocycles. The predicted octanol–water partition coefficient (Wildman–Crippen LogP) is 5.51. The van der Waals surface area contributed by atoms with Gasteiger partial charge in [0.25, 0.3) is 5.91 Å². The van der Waals surface area contributed by atoms with Crippen LogP contribution in [0.1, 0.15) is 41.3 Å². The van der Waals surface area contributed by atoms with Crippen molar-refractivity contribution >= 4 is 23.0 Å². The highest BCUT2D eigenvalue weighted by atomic mass is 16.1. The number of para-hydroxylation sites is 1. The number of hydrogen-bond donors (Lipinski definition) is 2. The van der Waals surface area contributed by atoms with E-state index in [2.05, 4.69) is 29.5 Å². The van der Waals surface area contributed by atoms with Gasteiger partial charge in [-0.25, -0.2) is 0 Å². The summed E-state index contributed by atoms with van der Waals surface area (Å²) in [4.78, 5) is 16.9. The lowest BCUT2D eigenvalue weighted by atomic mass is 10.0. The van der Waals surface area contributed by atoms with Gasteiger partial charge in [-0.2, -0.15) is 0 Å². The lowest BCUT2D eigenvalue weighted by molar-refractivity contribution is 0.102. The summed E-state index contributed by atoms with van der Waals surface area (Å²) in [7, 11) is 0. The van der Waals surface area contributed by atoms with E-state index in [0.29, 0.717) is 11.5 Å². The van der Waals surface area contributed by atoms with Crippen LogP contribution in [0.5, 0.6) is 0 Å². The molecule has 0 spiro atoms. The second-order valence-corrected chi connectivity index (χ2v) is 6.65. The number of hydrogen-bond acceptors (Lipinski definition) is 3. The number of pyridine rings is 1. The fourth-order valence-corrected chi connectivity index (χ4v) is 2.74. The molecule has 0 aliphatic heterocycles. The average Bonchev–Trinajstić information content (AvgIpc) is 2.64. The Morgan fingerprint density at radius 1 is 0.962 bits per heavy atom. The summed E-state index contributed by atoms with van der Waals surface area (Å²) in [5.74, 6) is 0.164. The lowest BCUT2D eigenvalue weighted by Crippen LogP contribution is -2.14. The summed E-state index contributed by atoms with van der Waals surface area (Å²) < 4.78 is 0. The normalized spacial score (nSPS) is 10.6. The van der Waals surface area contributed by atoms with Gasteiger partial charge in [-0.15, -0.1) is 0 Å². The van der Waals surface area contributed by atoms with Crippen LogP contribution in [0.15, 0.2) is 67.0 Å². The smallest absolute Gasteiger partial charge is 0.257 e. The molecule has 0 fully saturated rings. The molecule has 0 aliphatic carbocycles. The Morgan fingerprint density at radius 3 is 2.42 bits per heavy atom. The number of rotatable bonds is 5. The summed E-state index contributed by atoms with van der Waals surface area (Å²) in [5, 5.41) is 6.28. The highest BCUT2D eigenvalue weighted by Crippen LogP contribution is 2.24. The molecule has 4 nitrogen and oxygen atoms in total. The number of nitrogens with one attached hydrogen (secondary N) is 2. The Morgan fingerprint density at radius 2 is 1.69 bits per heavy atom. The minimum absolute atomic E-state index is 0.168. The Balaban J connectivity index is 1.77. The maximum atomic E-state index is 12.7. The maximum absolute atomic E-state index is 12.7. The third kappa shape index (κ3) is 4.28. The Kier molecular flexibility index (Phi) is 5.32. The summed E-state index contributed by atoms with van der Waals surface area (Å²) in [6, 6.07) is 17.8. The molecule has 0 aliphatic rings.